The van der Waals surface area contributed by atoms with Gasteiger partial charge < -0.3 is 4.57 Å². The molecule has 0 saturated carbocycles. The molecular weight excluding hydrogens is 480 g/mol. The summed E-state index contributed by atoms with van der Waals surface area (Å²) >= 11 is 1.84. The van der Waals surface area contributed by atoms with E-state index in [2.05, 4.69) is 132 Å². The van der Waals surface area contributed by atoms with E-state index in [-0.39, 0.29) is 0 Å². The van der Waals surface area contributed by atoms with Crippen LogP contribution in [0.15, 0.2) is 134 Å². The first-order chi connectivity index (χ1) is 18.9. The number of fused-ring (bicyclic) bond motifs is 6. The normalized spacial score (nSPS) is 11.7. The number of aromatic nitrogens is 2. The first-order valence-corrected chi connectivity index (χ1v) is 13.6. The number of hydrogen-bond acceptors (Lipinski definition) is 2. The second-order valence-corrected chi connectivity index (χ2v) is 10.6. The van der Waals surface area contributed by atoms with E-state index in [1.807, 2.05) is 17.5 Å². The van der Waals surface area contributed by atoms with Crippen molar-refractivity contribution in [2.75, 3.05) is 0 Å². The van der Waals surface area contributed by atoms with Crippen LogP contribution in [0.5, 0.6) is 0 Å². The van der Waals surface area contributed by atoms with Crippen LogP contribution in [0.3, 0.4) is 0 Å². The molecule has 0 radical (unpaired) electrons. The summed E-state index contributed by atoms with van der Waals surface area (Å²) in [5.41, 5.74) is 9.61. The van der Waals surface area contributed by atoms with Crippen molar-refractivity contribution in [3.05, 3.63) is 134 Å². The van der Waals surface area contributed by atoms with E-state index in [1.54, 1.807) is 0 Å². The quantitative estimate of drug-likeness (QED) is 0.235. The van der Waals surface area contributed by atoms with E-state index in [0.29, 0.717) is 0 Å². The third-order valence-corrected chi connectivity index (χ3v) is 8.72. The largest absolute Gasteiger partial charge is 0.309 e. The van der Waals surface area contributed by atoms with Crippen LogP contribution in [0.1, 0.15) is 0 Å². The van der Waals surface area contributed by atoms with Gasteiger partial charge in [-0.3, -0.25) is 4.98 Å². The van der Waals surface area contributed by atoms with Gasteiger partial charge in [-0.1, -0.05) is 97.1 Å². The van der Waals surface area contributed by atoms with Gasteiger partial charge in [0.25, 0.3) is 0 Å². The Hall–Kier alpha value is -4.73. The zero-order valence-electron chi connectivity index (χ0n) is 20.5. The topological polar surface area (TPSA) is 17.8 Å². The van der Waals surface area contributed by atoms with Crippen LogP contribution in [0.25, 0.3) is 70.0 Å². The van der Waals surface area contributed by atoms with Crippen LogP contribution in [0, 0.1) is 0 Å². The highest BCUT2D eigenvalue weighted by Crippen LogP contribution is 2.43. The molecule has 38 heavy (non-hydrogen) atoms. The summed E-state index contributed by atoms with van der Waals surface area (Å²) in [5.74, 6) is 0. The van der Waals surface area contributed by atoms with Crippen molar-refractivity contribution in [3.8, 4) is 27.9 Å². The minimum absolute atomic E-state index is 1.08. The van der Waals surface area contributed by atoms with Gasteiger partial charge in [-0.15, -0.1) is 11.3 Å². The summed E-state index contributed by atoms with van der Waals surface area (Å²) in [6.45, 7) is 0. The monoisotopic (exact) mass is 502 g/mol. The molecule has 0 amide bonds. The second kappa shape index (κ2) is 8.41. The Bertz CT molecular complexity index is 2080. The molecular formula is C35H22N2S. The van der Waals surface area contributed by atoms with Crippen molar-refractivity contribution in [1.29, 1.82) is 0 Å². The van der Waals surface area contributed by atoms with Gasteiger partial charge in [-0.05, 0) is 47.0 Å². The molecule has 3 heteroatoms. The molecule has 3 heterocycles. The van der Waals surface area contributed by atoms with E-state index in [4.69, 9.17) is 4.98 Å². The molecule has 8 aromatic rings. The predicted octanol–water partition coefficient (Wildman–Crippen LogP) is 9.88. The summed E-state index contributed by atoms with van der Waals surface area (Å²) in [5, 5.41) is 3.77. The van der Waals surface area contributed by atoms with Gasteiger partial charge in [0.15, 0.2) is 0 Å². The maximum atomic E-state index is 4.82. The van der Waals surface area contributed by atoms with E-state index in [0.717, 1.165) is 5.52 Å². The Morgan fingerprint density at radius 3 is 1.92 bits per heavy atom. The summed E-state index contributed by atoms with van der Waals surface area (Å²) < 4.78 is 4.89. The van der Waals surface area contributed by atoms with Crippen molar-refractivity contribution in [3.63, 3.8) is 0 Å². The summed E-state index contributed by atoms with van der Waals surface area (Å²) in [6, 6.07) is 45.6. The third-order valence-electron chi connectivity index (χ3n) is 7.46. The van der Waals surface area contributed by atoms with Crippen LogP contribution in [-0.4, -0.2) is 9.55 Å². The predicted molar refractivity (Wildman–Crippen MR) is 162 cm³/mol. The first-order valence-electron chi connectivity index (χ1n) is 12.8. The Morgan fingerprint density at radius 1 is 0.500 bits per heavy atom. The first kappa shape index (κ1) is 21.4. The zero-order chi connectivity index (χ0) is 25.1. The molecule has 0 aliphatic carbocycles. The number of rotatable bonds is 3. The van der Waals surface area contributed by atoms with E-state index in [1.165, 1.54) is 64.5 Å². The molecule has 0 unspecified atom stereocenters. The standard InChI is InChI=1S/C35H22N2S/c1-2-10-23(11-3-1)27-20-21-36-33-30-17-9-16-26(34(30)38-35(27)33)24-12-8-13-25(22-24)37-31-18-6-4-14-28(31)29-15-5-7-19-32(29)37/h1-22H. The SMILES string of the molecule is c1ccc(-c2ccnc3c2sc2c(-c4cccc(-n5c6ccccc6c6ccccc65)c4)cccc23)cc1. The van der Waals surface area contributed by atoms with Crippen molar-refractivity contribution < 1.29 is 0 Å². The fourth-order valence-electron chi connectivity index (χ4n) is 5.76. The highest BCUT2D eigenvalue weighted by Gasteiger charge is 2.16. The zero-order valence-corrected chi connectivity index (χ0v) is 21.3. The van der Waals surface area contributed by atoms with Crippen molar-refractivity contribution >= 4 is 53.4 Å². The summed E-state index contributed by atoms with van der Waals surface area (Å²) in [6.07, 6.45) is 1.94. The molecule has 0 aliphatic rings. The molecule has 0 fully saturated rings. The third kappa shape index (κ3) is 3.16. The van der Waals surface area contributed by atoms with Crippen molar-refractivity contribution in [1.82, 2.24) is 9.55 Å². The lowest BCUT2D eigenvalue weighted by molar-refractivity contribution is 1.18. The molecule has 8 rings (SSSR count). The number of nitrogens with zero attached hydrogens (tertiary/aromatic N) is 2. The van der Waals surface area contributed by atoms with Gasteiger partial charge in [-0.25, -0.2) is 0 Å². The molecule has 3 aromatic heterocycles. The maximum absolute atomic E-state index is 4.82. The van der Waals surface area contributed by atoms with Gasteiger partial charge >= 0.3 is 0 Å². The highest BCUT2D eigenvalue weighted by atomic mass is 32.1. The number of hydrogen-bond donors (Lipinski definition) is 0. The Morgan fingerprint density at radius 2 is 1.13 bits per heavy atom. The van der Waals surface area contributed by atoms with Gasteiger partial charge in [0.1, 0.15) is 0 Å². The minimum atomic E-state index is 1.08. The molecule has 0 spiro atoms. The Kier molecular flexibility index (Phi) is 4.73. The van der Waals surface area contributed by atoms with Crippen LogP contribution in [0.2, 0.25) is 0 Å². The average Bonchev–Trinajstić information content (AvgIpc) is 3.54. The number of benzene rings is 5. The Labute approximate surface area is 224 Å². The minimum Gasteiger partial charge on any atom is -0.309 e. The van der Waals surface area contributed by atoms with Crippen LogP contribution in [0.4, 0.5) is 0 Å². The molecule has 0 saturated heterocycles. The molecule has 0 N–H and O–H groups in total. The van der Waals surface area contributed by atoms with Crippen LogP contribution >= 0.6 is 11.3 Å². The lowest BCUT2D eigenvalue weighted by Crippen LogP contribution is -1.94. The van der Waals surface area contributed by atoms with E-state index in [9.17, 15) is 0 Å². The van der Waals surface area contributed by atoms with Gasteiger partial charge in [0.2, 0.25) is 0 Å². The van der Waals surface area contributed by atoms with Gasteiger partial charge in [0.05, 0.1) is 21.3 Å². The summed E-state index contributed by atoms with van der Waals surface area (Å²) in [7, 11) is 0. The average molecular weight is 503 g/mol. The maximum Gasteiger partial charge on any atom is 0.0894 e. The van der Waals surface area contributed by atoms with Gasteiger partial charge in [0, 0.05) is 38.3 Å². The van der Waals surface area contributed by atoms with Crippen molar-refractivity contribution in [2.24, 2.45) is 0 Å². The lowest BCUT2D eigenvalue weighted by Gasteiger charge is -2.11. The molecule has 5 aromatic carbocycles. The van der Waals surface area contributed by atoms with Gasteiger partial charge in [-0.2, -0.15) is 0 Å². The second-order valence-electron chi connectivity index (χ2n) is 9.61. The van der Waals surface area contributed by atoms with E-state index >= 15 is 0 Å². The lowest BCUT2D eigenvalue weighted by atomic mass is 10.0. The van der Waals surface area contributed by atoms with Crippen molar-refractivity contribution in [2.45, 2.75) is 0 Å². The highest BCUT2D eigenvalue weighted by molar-refractivity contribution is 7.26. The summed E-state index contributed by atoms with van der Waals surface area (Å²) in [4.78, 5) is 4.82. The molecule has 178 valence electrons. The number of para-hydroxylation sites is 2. The molecule has 0 bridgehead atoms. The molecule has 2 nitrogen and oxygen atoms in total. The molecule has 0 aliphatic heterocycles. The number of pyridine rings is 1. The molecule has 0 atom stereocenters. The van der Waals surface area contributed by atoms with Crippen LogP contribution < -0.4 is 0 Å². The number of thiophene rings is 1. The van der Waals surface area contributed by atoms with E-state index < -0.39 is 0 Å². The fraction of sp³-hybridized carbons (Fsp3) is 0. The fourth-order valence-corrected chi connectivity index (χ4v) is 7.09. The van der Waals surface area contributed by atoms with Crippen LogP contribution in [-0.2, 0) is 0 Å². The smallest absolute Gasteiger partial charge is 0.0894 e. The Balaban J connectivity index is 1.36.